The van der Waals surface area contributed by atoms with E-state index >= 15 is 0 Å². The predicted octanol–water partition coefficient (Wildman–Crippen LogP) is -0.226. The second kappa shape index (κ2) is 6.06. The Morgan fingerprint density at radius 3 is 2.94 bits per heavy atom. The topological polar surface area (TPSA) is 92.6 Å². The molecule has 0 aliphatic rings. The van der Waals surface area contributed by atoms with Crippen molar-refractivity contribution in [2.75, 3.05) is 13.1 Å². The summed E-state index contributed by atoms with van der Waals surface area (Å²) in [4.78, 5) is 2.05. The van der Waals surface area contributed by atoms with E-state index in [1.54, 1.807) is 4.68 Å². The molecule has 0 saturated carbocycles. The van der Waals surface area contributed by atoms with Gasteiger partial charge in [-0.15, -0.1) is 5.10 Å². The molecule has 0 aromatic carbocycles. The van der Waals surface area contributed by atoms with Gasteiger partial charge in [0.05, 0.1) is 12.2 Å². The quantitative estimate of drug-likeness (QED) is 0.302. The number of nitrogens with zero attached hydrogens (tertiary/aromatic N) is 5. The molecule has 1 aromatic heterocycles. The lowest BCUT2D eigenvalue weighted by Gasteiger charge is -2.19. The summed E-state index contributed by atoms with van der Waals surface area (Å²) in [6.07, 6.45) is 2.86. The third kappa shape index (κ3) is 3.85. The molecule has 0 bridgehead atoms. The summed E-state index contributed by atoms with van der Waals surface area (Å²) >= 11 is 0. The molecular formula is C9H18N6O. The molecule has 90 valence electrons. The Kier molecular flexibility index (Phi) is 4.71. The maximum atomic E-state index is 8.53. The van der Waals surface area contributed by atoms with Gasteiger partial charge >= 0.3 is 0 Å². The molecule has 16 heavy (non-hydrogen) atoms. The average Bonchev–Trinajstić information content (AvgIpc) is 2.64. The van der Waals surface area contributed by atoms with Gasteiger partial charge in [0.15, 0.2) is 5.84 Å². The van der Waals surface area contributed by atoms with Gasteiger partial charge in [-0.1, -0.05) is 17.3 Å². The first-order chi connectivity index (χ1) is 7.65. The highest BCUT2D eigenvalue weighted by Crippen LogP contribution is 2.00. The second-order valence-electron chi connectivity index (χ2n) is 3.69. The van der Waals surface area contributed by atoms with E-state index in [0.29, 0.717) is 13.1 Å². The van der Waals surface area contributed by atoms with E-state index < -0.39 is 0 Å². The number of amidine groups is 1. The summed E-state index contributed by atoms with van der Waals surface area (Å²) in [5.41, 5.74) is 6.36. The number of hydrogen-bond acceptors (Lipinski definition) is 5. The van der Waals surface area contributed by atoms with E-state index in [-0.39, 0.29) is 5.84 Å². The van der Waals surface area contributed by atoms with E-state index in [9.17, 15) is 0 Å². The minimum Gasteiger partial charge on any atom is -0.409 e. The van der Waals surface area contributed by atoms with Crippen LogP contribution in [-0.2, 0) is 13.6 Å². The molecule has 0 aliphatic carbocycles. The van der Waals surface area contributed by atoms with Crippen LogP contribution in [-0.4, -0.2) is 44.0 Å². The molecule has 0 radical (unpaired) electrons. The Morgan fingerprint density at radius 2 is 2.44 bits per heavy atom. The SMILES string of the molecule is CCCN(CC(N)=NO)Cc1cn(C)nn1. The normalized spacial score (nSPS) is 12.3. The van der Waals surface area contributed by atoms with Crippen LogP contribution in [0.4, 0.5) is 0 Å². The maximum absolute atomic E-state index is 8.53. The van der Waals surface area contributed by atoms with Crippen LogP contribution >= 0.6 is 0 Å². The van der Waals surface area contributed by atoms with Gasteiger partial charge in [0.1, 0.15) is 0 Å². The summed E-state index contributed by atoms with van der Waals surface area (Å²) in [6, 6.07) is 0. The van der Waals surface area contributed by atoms with Crippen molar-refractivity contribution in [3.05, 3.63) is 11.9 Å². The minimum atomic E-state index is 0.206. The van der Waals surface area contributed by atoms with Gasteiger partial charge in [0.2, 0.25) is 0 Å². The second-order valence-corrected chi connectivity index (χ2v) is 3.69. The van der Waals surface area contributed by atoms with Crippen molar-refractivity contribution in [3.8, 4) is 0 Å². The van der Waals surface area contributed by atoms with Crippen molar-refractivity contribution in [2.24, 2.45) is 17.9 Å². The summed E-state index contributed by atoms with van der Waals surface area (Å²) in [6.45, 7) is 4.03. The maximum Gasteiger partial charge on any atom is 0.153 e. The Labute approximate surface area is 94.5 Å². The Bertz CT molecular complexity index is 348. The van der Waals surface area contributed by atoms with Crippen LogP contribution < -0.4 is 5.73 Å². The zero-order chi connectivity index (χ0) is 12.0. The molecule has 1 aromatic rings. The zero-order valence-electron chi connectivity index (χ0n) is 9.67. The Hall–Kier alpha value is -1.63. The smallest absolute Gasteiger partial charge is 0.153 e. The monoisotopic (exact) mass is 226 g/mol. The average molecular weight is 226 g/mol. The molecule has 1 heterocycles. The van der Waals surface area contributed by atoms with Crippen molar-refractivity contribution in [3.63, 3.8) is 0 Å². The first-order valence-electron chi connectivity index (χ1n) is 5.19. The van der Waals surface area contributed by atoms with E-state index in [1.807, 2.05) is 13.2 Å². The molecule has 7 heteroatoms. The third-order valence-corrected chi connectivity index (χ3v) is 2.09. The molecule has 0 amide bonds. The number of rotatable bonds is 6. The van der Waals surface area contributed by atoms with Gasteiger partial charge < -0.3 is 10.9 Å². The van der Waals surface area contributed by atoms with E-state index in [2.05, 4.69) is 27.3 Å². The summed E-state index contributed by atoms with van der Waals surface area (Å²) in [5, 5.41) is 19.4. The summed E-state index contributed by atoms with van der Waals surface area (Å²) in [5.74, 6) is 0.206. The van der Waals surface area contributed by atoms with E-state index in [1.165, 1.54) is 0 Å². The van der Waals surface area contributed by atoms with Gasteiger partial charge in [-0.25, -0.2) is 0 Å². The molecule has 0 spiro atoms. The van der Waals surface area contributed by atoms with Gasteiger partial charge in [-0.2, -0.15) is 0 Å². The molecule has 0 saturated heterocycles. The van der Waals surface area contributed by atoms with Crippen LogP contribution in [0.5, 0.6) is 0 Å². The van der Waals surface area contributed by atoms with Crippen molar-refractivity contribution in [1.29, 1.82) is 0 Å². The third-order valence-electron chi connectivity index (χ3n) is 2.09. The Morgan fingerprint density at radius 1 is 1.69 bits per heavy atom. The first kappa shape index (κ1) is 12.4. The molecule has 0 atom stereocenters. The van der Waals surface area contributed by atoms with Gasteiger partial charge in [0.25, 0.3) is 0 Å². The Balaban J connectivity index is 2.57. The van der Waals surface area contributed by atoms with Crippen LogP contribution in [0.1, 0.15) is 19.0 Å². The van der Waals surface area contributed by atoms with E-state index in [4.69, 9.17) is 10.9 Å². The van der Waals surface area contributed by atoms with Crippen molar-refractivity contribution < 1.29 is 5.21 Å². The first-order valence-corrected chi connectivity index (χ1v) is 5.19. The minimum absolute atomic E-state index is 0.206. The van der Waals surface area contributed by atoms with Crippen LogP contribution in [0.3, 0.4) is 0 Å². The van der Waals surface area contributed by atoms with Crippen molar-refractivity contribution >= 4 is 5.84 Å². The van der Waals surface area contributed by atoms with Crippen molar-refractivity contribution in [1.82, 2.24) is 19.9 Å². The lowest BCUT2D eigenvalue weighted by atomic mass is 10.3. The molecule has 0 fully saturated rings. The van der Waals surface area contributed by atoms with Crippen LogP contribution in [0.25, 0.3) is 0 Å². The summed E-state index contributed by atoms with van der Waals surface area (Å²) in [7, 11) is 1.82. The molecule has 3 N–H and O–H groups in total. The zero-order valence-corrected chi connectivity index (χ0v) is 9.67. The molecule has 1 rings (SSSR count). The standard InChI is InChI=1S/C9H18N6O/c1-3-4-15(7-9(10)12-16)6-8-5-14(2)13-11-8/h5,16H,3-4,6-7H2,1-2H3,(H2,10,12). The molecule has 0 aliphatic heterocycles. The number of aryl methyl sites for hydroxylation is 1. The number of oxime groups is 1. The van der Waals surface area contributed by atoms with Gasteiger partial charge in [-0.3, -0.25) is 9.58 Å². The number of aromatic nitrogens is 3. The highest BCUT2D eigenvalue weighted by Gasteiger charge is 2.09. The fraction of sp³-hybridized carbons (Fsp3) is 0.667. The van der Waals surface area contributed by atoms with E-state index in [0.717, 1.165) is 18.7 Å². The van der Waals surface area contributed by atoms with Crippen LogP contribution in [0.15, 0.2) is 11.4 Å². The molecule has 0 unspecified atom stereocenters. The number of nitrogens with two attached hydrogens (primary N) is 1. The van der Waals surface area contributed by atoms with Gasteiger partial charge in [0, 0.05) is 19.8 Å². The van der Waals surface area contributed by atoms with Gasteiger partial charge in [-0.05, 0) is 13.0 Å². The number of hydrogen-bond donors (Lipinski definition) is 2. The summed E-state index contributed by atoms with van der Waals surface area (Å²) < 4.78 is 1.66. The lowest BCUT2D eigenvalue weighted by molar-refractivity contribution is 0.283. The molecular weight excluding hydrogens is 208 g/mol. The largest absolute Gasteiger partial charge is 0.409 e. The fourth-order valence-corrected chi connectivity index (χ4v) is 1.49. The fourth-order valence-electron chi connectivity index (χ4n) is 1.49. The lowest BCUT2D eigenvalue weighted by Crippen LogP contribution is -2.34. The highest BCUT2D eigenvalue weighted by atomic mass is 16.4. The predicted molar refractivity (Wildman–Crippen MR) is 60.0 cm³/mol. The molecule has 7 nitrogen and oxygen atoms in total. The van der Waals surface area contributed by atoms with Crippen molar-refractivity contribution in [2.45, 2.75) is 19.9 Å². The van der Waals surface area contributed by atoms with Crippen LogP contribution in [0.2, 0.25) is 0 Å². The van der Waals surface area contributed by atoms with Crippen LogP contribution in [0, 0.1) is 0 Å². The highest BCUT2D eigenvalue weighted by molar-refractivity contribution is 5.81.